The minimum atomic E-state index is 0. The molecule has 1 aromatic heterocycles. The SMILES string of the molecule is COc1cc(/C=C/c2ccc3ccccc3[n+]2C)ccc1N1CCN(C)CC1.[I-]. The Bertz CT molecular complexity index is 1010. The molecular weight excluding hydrogens is 473 g/mol. The molecule has 152 valence electrons. The van der Waals surface area contributed by atoms with E-state index < -0.39 is 0 Å². The van der Waals surface area contributed by atoms with Gasteiger partial charge in [0.2, 0.25) is 11.2 Å². The molecule has 0 unspecified atom stereocenters. The van der Waals surface area contributed by atoms with Gasteiger partial charge in [-0.1, -0.05) is 18.2 Å². The molecule has 0 saturated carbocycles. The van der Waals surface area contributed by atoms with E-state index in [1.807, 2.05) is 0 Å². The summed E-state index contributed by atoms with van der Waals surface area (Å²) in [5.74, 6) is 0.939. The molecule has 0 bridgehead atoms. The number of piperazine rings is 1. The Kier molecular flexibility index (Phi) is 7.14. The van der Waals surface area contributed by atoms with E-state index in [0.717, 1.165) is 37.5 Å². The number of anilines is 1. The number of nitrogens with zero attached hydrogens (tertiary/aromatic N) is 3. The monoisotopic (exact) mass is 501 g/mol. The number of para-hydroxylation sites is 1. The van der Waals surface area contributed by atoms with Gasteiger partial charge >= 0.3 is 0 Å². The lowest BCUT2D eigenvalue weighted by Crippen LogP contribution is -3.00. The van der Waals surface area contributed by atoms with Gasteiger partial charge < -0.3 is 38.5 Å². The van der Waals surface area contributed by atoms with E-state index in [0.29, 0.717) is 0 Å². The minimum absolute atomic E-state index is 0. The van der Waals surface area contributed by atoms with Crippen LogP contribution in [0.2, 0.25) is 0 Å². The number of halogens is 1. The van der Waals surface area contributed by atoms with Crippen molar-refractivity contribution < 1.29 is 33.3 Å². The third kappa shape index (κ3) is 4.73. The van der Waals surface area contributed by atoms with E-state index in [-0.39, 0.29) is 24.0 Å². The summed E-state index contributed by atoms with van der Waals surface area (Å²) in [6.45, 7) is 4.25. The number of hydrogen-bond donors (Lipinski definition) is 0. The van der Waals surface area contributed by atoms with Gasteiger partial charge in [-0.2, -0.15) is 4.57 Å². The zero-order valence-electron chi connectivity index (χ0n) is 17.3. The zero-order valence-corrected chi connectivity index (χ0v) is 19.5. The van der Waals surface area contributed by atoms with Crippen molar-refractivity contribution in [1.29, 1.82) is 0 Å². The van der Waals surface area contributed by atoms with E-state index >= 15 is 0 Å². The number of likely N-dealkylation sites (N-methyl/N-ethyl adjacent to an activating group) is 1. The first kappa shape index (κ1) is 21.6. The molecular formula is C24H28IN3O. The van der Waals surface area contributed by atoms with Crippen molar-refractivity contribution in [2.24, 2.45) is 7.05 Å². The minimum Gasteiger partial charge on any atom is -1.00 e. The molecule has 1 aliphatic rings. The van der Waals surface area contributed by atoms with Crippen molar-refractivity contribution in [2.45, 2.75) is 0 Å². The second kappa shape index (κ2) is 9.59. The summed E-state index contributed by atoms with van der Waals surface area (Å²) in [4.78, 5) is 4.78. The Morgan fingerprint density at radius 2 is 1.69 bits per heavy atom. The van der Waals surface area contributed by atoms with Gasteiger partial charge in [-0.25, -0.2) is 0 Å². The summed E-state index contributed by atoms with van der Waals surface area (Å²) in [7, 11) is 6.04. The standard InChI is InChI=1S/C24H28N3O.HI/c1-25-14-16-27(17-15-25)23-13-9-19(18-24(23)28-3)8-11-21-12-10-20-6-4-5-7-22(20)26(21)2;/h4-13,18H,14-17H2,1-3H3;1H/q+1;/p-1. The fraction of sp³-hybridized carbons (Fsp3) is 0.292. The Labute approximate surface area is 190 Å². The van der Waals surface area contributed by atoms with E-state index in [2.05, 4.69) is 95.2 Å². The topological polar surface area (TPSA) is 19.6 Å². The van der Waals surface area contributed by atoms with Crippen LogP contribution in [0, 0.1) is 0 Å². The lowest BCUT2D eigenvalue weighted by molar-refractivity contribution is -0.646. The van der Waals surface area contributed by atoms with Gasteiger partial charge in [-0.3, -0.25) is 0 Å². The van der Waals surface area contributed by atoms with Crippen LogP contribution in [0.4, 0.5) is 5.69 Å². The van der Waals surface area contributed by atoms with Gasteiger partial charge in [0.05, 0.1) is 12.8 Å². The molecule has 0 atom stereocenters. The number of ether oxygens (including phenoxy) is 1. The molecule has 0 N–H and O–H groups in total. The van der Waals surface area contributed by atoms with Crippen LogP contribution in [-0.4, -0.2) is 45.2 Å². The van der Waals surface area contributed by atoms with Crippen molar-refractivity contribution in [1.82, 2.24) is 4.90 Å². The molecule has 29 heavy (non-hydrogen) atoms. The zero-order chi connectivity index (χ0) is 19.5. The Morgan fingerprint density at radius 1 is 0.931 bits per heavy atom. The lowest BCUT2D eigenvalue weighted by atomic mass is 10.1. The Balaban J connectivity index is 0.00000240. The quantitative estimate of drug-likeness (QED) is 0.386. The van der Waals surface area contributed by atoms with Crippen LogP contribution < -0.4 is 38.2 Å². The molecule has 4 rings (SSSR count). The van der Waals surface area contributed by atoms with E-state index in [9.17, 15) is 0 Å². The highest BCUT2D eigenvalue weighted by molar-refractivity contribution is 5.77. The van der Waals surface area contributed by atoms with E-state index in [4.69, 9.17) is 4.74 Å². The summed E-state index contributed by atoms with van der Waals surface area (Å²) >= 11 is 0. The number of aryl methyl sites for hydroxylation is 1. The van der Waals surface area contributed by atoms with Crippen LogP contribution in [0.1, 0.15) is 11.3 Å². The van der Waals surface area contributed by atoms with E-state index in [1.54, 1.807) is 7.11 Å². The summed E-state index contributed by atoms with van der Waals surface area (Å²) in [5.41, 5.74) is 4.72. The average molecular weight is 501 g/mol. The molecule has 1 saturated heterocycles. The van der Waals surface area contributed by atoms with Crippen LogP contribution >= 0.6 is 0 Å². The van der Waals surface area contributed by atoms with Crippen LogP contribution in [0.25, 0.3) is 23.1 Å². The summed E-state index contributed by atoms with van der Waals surface area (Å²) in [6, 6.07) is 19.3. The fourth-order valence-electron chi connectivity index (χ4n) is 3.82. The first-order valence-corrected chi connectivity index (χ1v) is 9.83. The maximum absolute atomic E-state index is 5.71. The molecule has 1 fully saturated rings. The Morgan fingerprint density at radius 3 is 2.45 bits per heavy atom. The van der Waals surface area contributed by atoms with Gasteiger partial charge in [-0.15, -0.1) is 0 Å². The molecule has 0 spiro atoms. The second-order valence-electron chi connectivity index (χ2n) is 7.43. The molecule has 1 aliphatic heterocycles. The number of rotatable bonds is 4. The lowest BCUT2D eigenvalue weighted by Gasteiger charge is -2.34. The van der Waals surface area contributed by atoms with Gasteiger partial charge in [0, 0.05) is 49.8 Å². The maximum Gasteiger partial charge on any atom is 0.212 e. The molecule has 0 aliphatic carbocycles. The maximum atomic E-state index is 5.71. The van der Waals surface area contributed by atoms with Crippen LogP contribution in [0.3, 0.4) is 0 Å². The first-order valence-electron chi connectivity index (χ1n) is 9.83. The molecule has 5 heteroatoms. The third-order valence-electron chi connectivity index (χ3n) is 5.61. The number of hydrogen-bond acceptors (Lipinski definition) is 3. The Hall–Kier alpha value is -2.12. The van der Waals surface area contributed by atoms with Crippen molar-refractivity contribution in [3.8, 4) is 5.75 Å². The molecule has 2 heterocycles. The predicted octanol–water partition coefficient (Wildman–Crippen LogP) is 0.599. The van der Waals surface area contributed by atoms with Crippen molar-refractivity contribution >= 4 is 28.7 Å². The number of fused-ring (bicyclic) bond motifs is 1. The molecule has 2 aromatic carbocycles. The fourth-order valence-corrected chi connectivity index (χ4v) is 3.82. The van der Waals surface area contributed by atoms with Crippen molar-refractivity contribution in [2.75, 3.05) is 45.2 Å². The normalized spacial score (nSPS) is 14.9. The molecule has 3 aromatic rings. The van der Waals surface area contributed by atoms with Gasteiger partial charge in [0.25, 0.3) is 0 Å². The second-order valence-corrected chi connectivity index (χ2v) is 7.43. The van der Waals surface area contributed by atoms with Crippen molar-refractivity contribution in [3.05, 3.63) is 65.9 Å². The van der Waals surface area contributed by atoms with Crippen LogP contribution in [-0.2, 0) is 7.05 Å². The summed E-state index contributed by atoms with van der Waals surface area (Å²) < 4.78 is 7.93. The number of aromatic nitrogens is 1. The van der Waals surface area contributed by atoms with Crippen LogP contribution in [0.5, 0.6) is 5.75 Å². The number of benzene rings is 2. The third-order valence-corrected chi connectivity index (χ3v) is 5.61. The predicted molar refractivity (Wildman–Crippen MR) is 117 cm³/mol. The smallest absolute Gasteiger partial charge is 0.212 e. The van der Waals surface area contributed by atoms with E-state index in [1.165, 1.54) is 22.3 Å². The average Bonchev–Trinajstić information content (AvgIpc) is 2.74. The van der Waals surface area contributed by atoms with Gasteiger partial charge in [0.1, 0.15) is 12.8 Å². The number of methoxy groups -OCH3 is 1. The molecule has 0 amide bonds. The molecule has 0 radical (unpaired) electrons. The highest BCUT2D eigenvalue weighted by atomic mass is 127. The summed E-state index contributed by atoms with van der Waals surface area (Å²) in [5, 5.41) is 1.25. The summed E-state index contributed by atoms with van der Waals surface area (Å²) in [6.07, 6.45) is 4.32. The van der Waals surface area contributed by atoms with Crippen LogP contribution in [0.15, 0.2) is 54.6 Å². The largest absolute Gasteiger partial charge is 1.00 e. The highest BCUT2D eigenvalue weighted by Crippen LogP contribution is 2.30. The molecule has 4 nitrogen and oxygen atoms in total. The first-order chi connectivity index (χ1) is 13.7. The highest BCUT2D eigenvalue weighted by Gasteiger charge is 2.17. The van der Waals surface area contributed by atoms with Crippen molar-refractivity contribution in [3.63, 3.8) is 0 Å². The van der Waals surface area contributed by atoms with Gasteiger partial charge in [-0.05, 0) is 43.0 Å². The van der Waals surface area contributed by atoms with Gasteiger partial charge in [0.15, 0.2) is 0 Å². The number of pyridine rings is 1.